The van der Waals surface area contributed by atoms with Gasteiger partial charge in [0.05, 0.1) is 0 Å². The van der Waals surface area contributed by atoms with E-state index >= 15 is 0 Å². The normalized spacial score (nSPS) is 11.7. The van der Waals surface area contributed by atoms with E-state index in [9.17, 15) is 0 Å². The molecule has 17 heavy (non-hydrogen) atoms. The highest BCUT2D eigenvalue weighted by Gasteiger charge is 2.11. The van der Waals surface area contributed by atoms with Gasteiger partial charge < -0.3 is 10.9 Å². The second kappa shape index (κ2) is 5.11. The number of hydrogen-bond donors (Lipinski definition) is 2. The van der Waals surface area contributed by atoms with E-state index in [0.717, 1.165) is 15.1 Å². The number of rotatable bonds is 3. The Morgan fingerprint density at radius 1 is 1.59 bits per heavy atom. The molecule has 0 aliphatic carbocycles. The van der Waals surface area contributed by atoms with Crippen LogP contribution in [0.2, 0.25) is 0 Å². The Labute approximate surface area is 106 Å². The maximum absolute atomic E-state index is 8.67. The highest BCUT2D eigenvalue weighted by Crippen LogP contribution is 2.30. The van der Waals surface area contributed by atoms with Gasteiger partial charge in [0, 0.05) is 11.1 Å². The summed E-state index contributed by atoms with van der Waals surface area (Å²) in [7, 11) is 0. The van der Waals surface area contributed by atoms with E-state index < -0.39 is 0 Å². The third-order valence-electron chi connectivity index (χ3n) is 1.83. The van der Waals surface area contributed by atoms with E-state index in [1.807, 2.05) is 13.0 Å². The lowest BCUT2D eigenvalue weighted by atomic mass is 10.3. The predicted molar refractivity (Wildman–Crippen MR) is 65.5 cm³/mol. The minimum Gasteiger partial charge on any atom is -0.409 e. The molecule has 0 aliphatic heterocycles. The lowest BCUT2D eigenvalue weighted by molar-refractivity contribution is 0.318. The van der Waals surface area contributed by atoms with Gasteiger partial charge in [-0.3, -0.25) is 4.98 Å². The van der Waals surface area contributed by atoms with Crippen molar-refractivity contribution < 1.29 is 5.21 Å². The molecule has 2 aromatic heterocycles. The van der Waals surface area contributed by atoms with Crippen molar-refractivity contribution in [3.63, 3.8) is 0 Å². The van der Waals surface area contributed by atoms with Gasteiger partial charge in [-0.15, -0.1) is 0 Å². The number of amidine groups is 1. The monoisotopic (exact) mass is 267 g/mol. The molecular weight excluding hydrogens is 258 g/mol. The predicted octanol–water partition coefficient (Wildman–Crippen LogP) is 1.49. The lowest BCUT2D eigenvalue weighted by Gasteiger charge is -2.03. The Bertz CT molecular complexity index is 554. The van der Waals surface area contributed by atoms with Crippen molar-refractivity contribution >= 4 is 29.1 Å². The van der Waals surface area contributed by atoms with E-state index in [1.54, 1.807) is 12.3 Å². The van der Waals surface area contributed by atoms with Gasteiger partial charge in [0.15, 0.2) is 10.2 Å². The van der Waals surface area contributed by atoms with Gasteiger partial charge in [0.2, 0.25) is 0 Å². The van der Waals surface area contributed by atoms with Gasteiger partial charge >= 0.3 is 0 Å². The Hall–Kier alpha value is -1.67. The molecule has 0 radical (unpaired) electrons. The van der Waals surface area contributed by atoms with E-state index in [0.29, 0.717) is 5.69 Å². The first-order chi connectivity index (χ1) is 8.20. The molecule has 8 heteroatoms. The van der Waals surface area contributed by atoms with Gasteiger partial charge in [0.25, 0.3) is 0 Å². The number of hydrogen-bond acceptors (Lipinski definition) is 7. The van der Waals surface area contributed by atoms with Crippen molar-refractivity contribution in [2.45, 2.75) is 16.2 Å². The van der Waals surface area contributed by atoms with Gasteiger partial charge in [-0.05, 0) is 30.6 Å². The van der Waals surface area contributed by atoms with Crippen LogP contribution in [0.25, 0.3) is 0 Å². The highest BCUT2D eigenvalue weighted by molar-refractivity contribution is 8.01. The average molecular weight is 267 g/mol. The fraction of sp³-hybridized carbons (Fsp3) is 0.111. The van der Waals surface area contributed by atoms with E-state index in [4.69, 9.17) is 10.9 Å². The largest absolute Gasteiger partial charge is 0.409 e. The maximum atomic E-state index is 8.67. The molecule has 0 unspecified atom stereocenters. The zero-order chi connectivity index (χ0) is 12.3. The molecule has 0 spiro atoms. The maximum Gasteiger partial charge on any atom is 0.189 e. The third-order valence-corrected chi connectivity index (χ3v) is 3.72. The second-order valence-electron chi connectivity index (χ2n) is 3.04. The number of nitrogens with two attached hydrogens (primary N) is 1. The van der Waals surface area contributed by atoms with Gasteiger partial charge in [0.1, 0.15) is 11.5 Å². The molecule has 2 aromatic rings. The van der Waals surface area contributed by atoms with Crippen LogP contribution in [0.15, 0.2) is 32.7 Å². The van der Waals surface area contributed by atoms with Crippen LogP contribution in [0.1, 0.15) is 11.5 Å². The van der Waals surface area contributed by atoms with E-state index in [1.165, 1.54) is 23.3 Å². The van der Waals surface area contributed by atoms with Crippen molar-refractivity contribution in [3.05, 3.63) is 29.8 Å². The number of nitrogens with zero attached hydrogens (tertiary/aromatic N) is 4. The third kappa shape index (κ3) is 2.71. The molecule has 2 heterocycles. The van der Waals surface area contributed by atoms with Crippen molar-refractivity contribution in [1.82, 2.24) is 14.3 Å². The molecule has 0 bridgehead atoms. The Morgan fingerprint density at radius 2 is 2.41 bits per heavy atom. The zero-order valence-electron chi connectivity index (χ0n) is 8.86. The van der Waals surface area contributed by atoms with Crippen LogP contribution in [-0.2, 0) is 0 Å². The molecule has 0 aromatic carbocycles. The minimum absolute atomic E-state index is 0.0191. The standard InChI is InChI=1S/C9H9N5OS2/c1-5-12-9(17-14-5)16-6-3-2-4-11-7(6)8(10)13-15/h2-4,15H,1H3,(H2,10,13). The first-order valence-electron chi connectivity index (χ1n) is 4.62. The quantitative estimate of drug-likeness (QED) is 0.378. The van der Waals surface area contributed by atoms with Crippen LogP contribution in [0.5, 0.6) is 0 Å². The summed E-state index contributed by atoms with van der Waals surface area (Å²) in [6.07, 6.45) is 1.59. The molecule has 88 valence electrons. The summed E-state index contributed by atoms with van der Waals surface area (Å²) < 4.78 is 4.88. The summed E-state index contributed by atoms with van der Waals surface area (Å²) in [5, 5.41) is 11.6. The van der Waals surface area contributed by atoms with Crippen LogP contribution in [0.3, 0.4) is 0 Å². The SMILES string of the molecule is Cc1nsc(Sc2cccnc2/C(N)=N/O)n1. The van der Waals surface area contributed by atoms with Crippen molar-refractivity contribution in [3.8, 4) is 0 Å². The van der Waals surface area contributed by atoms with Crippen LogP contribution in [-0.4, -0.2) is 25.4 Å². The fourth-order valence-electron chi connectivity index (χ4n) is 1.13. The Balaban J connectivity index is 2.32. The molecule has 0 saturated heterocycles. The number of aryl methyl sites for hydroxylation is 1. The summed E-state index contributed by atoms with van der Waals surface area (Å²) in [5.41, 5.74) is 5.98. The first kappa shape index (κ1) is 11.8. The summed E-state index contributed by atoms with van der Waals surface area (Å²) in [4.78, 5) is 9.08. The Morgan fingerprint density at radius 3 is 3.06 bits per heavy atom. The van der Waals surface area contributed by atoms with Crippen LogP contribution in [0, 0.1) is 6.92 Å². The molecule has 2 rings (SSSR count). The van der Waals surface area contributed by atoms with Crippen LogP contribution >= 0.6 is 23.3 Å². The fourth-order valence-corrected chi connectivity index (χ4v) is 2.85. The Kier molecular flexibility index (Phi) is 3.55. The topological polar surface area (TPSA) is 97.3 Å². The van der Waals surface area contributed by atoms with Crippen LogP contribution < -0.4 is 5.73 Å². The summed E-state index contributed by atoms with van der Waals surface area (Å²) in [6.45, 7) is 1.83. The van der Waals surface area contributed by atoms with Crippen molar-refractivity contribution in [2.24, 2.45) is 10.9 Å². The highest BCUT2D eigenvalue weighted by atomic mass is 32.2. The van der Waals surface area contributed by atoms with Gasteiger partial charge in [-0.2, -0.15) is 4.37 Å². The number of aromatic nitrogens is 3. The van der Waals surface area contributed by atoms with Gasteiger partial charge in [-0.25, -0.2) is 4.98 Å². The molecule has 0 aliphatic rings. The van der Waals surface area contributed by atoms with E-state index in [2.05, 4.69) is 19.5 Å². The van der Waals surface area contributed by atoms with Crippen molar-refractivity contribution in [2.75, 3.05) is 0 Å². The second-order valence-corrected chi connectivity index (χ2v) is 5.09. The smallest absolute Gasteiger partial charge is 0.189 e. The molecule has 0 fully saturated rings. The molecular formula is C9H9N5OS2. The molecule has 3 N–H and O–H groups in total. The number of oxime groups is 1. The summed E-state index contributed by atoms with van der Waals surface area (Å²) in [6, 6.07) is 3.62. The molecule has 0 atom stereocenters. The lowest BCUT2D eigenvalue weighted by Crippen LogP contribution is -2.15. The van der Waals surface area contributed by atoms with Crippen LogP contribution in [0.4, 0.5) is 0 Å². The number of pyridine rings is 1. The summed E-state index contributed by atoms with van der Waals surface area (Å²) >= 11 is 2.69. The molecule has 6 nitrogen and oxygen atoms in total. The van der Waals surface area contributed by atoms with E-state index in [-0.39, 0.29) is 5.84 Å². The molecule has 0 amide bonds. The molecule has 0 saturated carbocycles. The zero-order valence-corrected chi connectivity index (χ0v) is 10.5. The van der Waals surface area contributed by atoms with Crippen molar-refractivity contribution in [1.29, 1.82) is 0 Å². The average Bonchev–Trinajstić information content (AvgIpc) is 2.74. The summed E-state index contributed by atoms with van der Waals surface area (Å²) in [5.74, 6) is 0.709. The first-order valence-corrected chi connectivity index (χ1v) is 6.21. The van der Waals surface area contributed by atoms with Gasteiger partial charge in [-0.1, -0.05) is 16.9 Å². The minimum atomic E-state index is -0.0191.